The molecule has 0 aromatic heterocycles. The first-order chi connectivity index (χ1) is 4.15. The molecule has 0 aromatic rings. The molecule has 0 nitrogen and oxygen atoms in total. The predicted molar refractivity (Wildman–Crippen MR) is 60.2 cm³/mol. The summed E-state index contributed by atoms with van der Waals surface area (Å²) in [6, 6.07) is 0. The van der Waals surface area contributed by atoms with Gasteiger partial charge in [-0.05, 0) is 4.91 Å². The molecule has 0 radical (unpaired) electrons. The van der Waals surface area contributed by atoms with Crippen molar-refractivity contribution in [1.29, 1.82) is 0 Å². The second-order valence-electron chi connectivity index (χ2n) is 5.21. The third-order valence-corrected chi connectivity index (χ3v) is 16.8. The Balaban J connectivity index is 4.23. The Morgan fingerprint density at radius 2 is 1.00 bits per heavy atom. The molecule has 0 aliphatic heterocycles. The second-order valence-corrected chi connectivity index (χ2v) is 18.5. The van der Waals surface area contributed by atoms with Crippen LogP contribution in [-0.2, 0) is 0 Å². The average molecular weight is 192 g/mol. The molecule has 1 unspecified atom stereocenters. The zero-order chi connectivity index (χ0) is 8.58. The van der Waals surface area contributed by atoms with Crippen molar-refractivity contribution in [3.63, 3.8) is 0 Å². The minimum absolute atomic E-state index is 0.871. The standard InChI is InChI=1S/C7H21PSi2/c1-9(2,3)7(8)10(4,5)6/h7H,8H2,1-6H3. The summed E-state index contributed by atoms with van der Waals surface area (Å²) in [7, 11) is 1.33. The Labute approximate surface area is 70.0 Å². The summed E-state index contributed by atoms with van der Waals surface area (Å²) in [6.45, 7) is 14.8. The molecular formula is C7H21PSi2. The van der Waals surface area contributed by atoms with E-state index in [1.165, 1.54) is 0 Å². The number of rotatable bonds is 2. The lowest BCUT2D eigenvalue weighted by molar-refractivity contribution is 1.47. The molecule has 0 heterocycles. The van der Waals surface area contributed by atoms with E-state index < -0.39 is 16.1 Å². The maximum atomic E-state index is 3.07. The first kappa shape index (κ1) is 10.9. The van der Waals surface area contributed by atoms with Crippen LogP contribution in [0.4, 0.5) is 0 Å². The normalized spacial score (nSPS) is 14.4. The molecule has 0 saturated carbocycles. The zero-order valence-electron chi connectivity index (χ0n) is 8.15. The monoisotopic (exact) mass is 192 g/mol. The van der Waals surface area contributed by atoms with Crippen LogP contribution in [0, 0.1) is 0 Å². The highest BCUT2D eigenvalue weighted by Gasteiger charge is 2.33. The molecular weight excluding hydrogens is 171 g/mol. The van der Waals surface area contributed by atoms with Gasteiger partial charge in [-0.15, -0.1) is 9.24 Å². The van der Waals surface area contributed by atoms with Crippen molar-refractivity contribution in [2.24, 2.45) is 0 Å². The van der Waals surface area contributed by atoms with E-state index in [2.05, 4.69) is 48.5 Å². The highest BCUT2D eigenvalue weighted by atomic mass is 31.0. The first-order valence-electron chi connectivity index (χ1n) is 3.91. The maximum Gasteiger partial charge on any atom is 0.0485 e. The third kappa shape index (κ3) is 3.31. The Morgan fingerprint density at radius 3 is 1.00 bits per heavy atom. The van der Waals surface area contributed by atoms with E-state index in [0.29, 0.717) is 0 Å². The van der Waals surface area contributed by atoms with Crippen molar-refractivity contribution in [1.82, 2.24) is 0 Å². The lowest BCUT2D eigenvalue weighted by Gasteiger charge is -2.34. The summed E-state index contributed by atoms with van der Waals surface area (Å²) in [5.74, 6) is 0. The number of hydrogen-bond acceptors (Lipinski definition) is 0. The van der Waals surface area contributed by atoms with Gasteiger partial charge in [0.2, 0.25) is 0 Å². The van der Waals surface area contributed by atoms with Gasteiger partial charge in [0.1, 0.15) is 0 Å². The molecule has 1 atom stereocenters. The van der Waals surface area contributed by atoms with Crippen LogP contribution in [0.1, 0.15) is 0 Å². The van der Waals surface area contributed by atoms with Crippen LogP contribution in [0.15, 0.2) is 0 Å². The zero-order valence-corrected chi connectivity index (χ0v) is 11.3. The summed E-state index contributed by atoms with van der Waals surface area (Å²) in [6.07, 6.45) is 0. The van der Waals surface area contributed by atoms with E-state index in [4.69, 9.17) is 0 Å². The molecule has 0 bridgehead atoms. The Bertz CT molecular complexity index is 95.8. The second kappa shape index (κ2) is 3.08. The fourth-order valence-corrected chi connectivity index (χ4v) is 11.7. The summed E-state index contributed by atoms with van der Waals surface area (Å²) in [4.78, 5) is 0.958. The van der Waals surface area contributed by atoms with Gasteiger partial charge in [-0.3, -0.25) is 0 Å². The van der Waals surface area contributed by atoms with Gasteiger partial charge in [-0.2, -0.15) is 0 Å². The van der Waals surface area contributed by atoms with Crippen LogP contribution < -0.4 is 0 Å². The molecule has 0 spiro atoms. The third-order valence-electron chi connectivity index (χ3n) is 1.87. The van der Waals surface area contributed by atoms with Gasteiger partial charge in [0, 0.05) is 16.1 Å². The lowest BCUT2D eigenvalue weighted by atomic mass is 11.7. The molecule has 62 valence electrons. The molecule has 0 N–H and O–H groups in total. The Morgan fingerprint density at radius 1 is 0.800 bits per heavy atom. The van der Waals surface area contributed by atoms with E-state index in [1.54, 1.807) is 0 Å². The van der Waals surface area contributed by atoms with Gasteiger partial charge in [-0.1, -0.05) is 39.3 Å². The van der Waals surface area contributed by atoms with Crippen molar-refractivity contribution in [3.8, 4) is 0 Å². The van der Waals surface area contributed by atoms with Gasteiger partial charge in [0.05, 0.1) is 0 Å². The molecule has 0 aliphatic carbocycles. The molecule has 0 fully saturated rings. The van der Waals surface area contributed by atoms with E-state index in [0.717, 1.165) is 4.91 Å². The molecule has 0 amide bonds. The lowest BCUT2D eigenvalue weighted by Crippen LogP contribution is -2.49. The van der Waals surface area contributed by atoms with E-state index in [9.17, 15) is 0 Å². The quantitative estimate of drug-likeness (QED) is 0.466. The molecule has 10 heavy (non-hydrogen) atoms. The fourth-order valence-electron chi connectivity index (χ4n) is 1.30. The molecule has 0 aliphatic rings. The van der Waals surface area contributed by atoms with Crippen molar-refractivity contribution >= 4 is 25.4 Å². The molecule has 0 rings (SSSR count). The SMILES string of the molecule is C[Si](C)(C)C(P)[Si](C)(C)C. The summed E-state index contributed by atoms with van der Waals surface area (Å²) in [5, 5.41) is 0. The summed E-state index contributed by atoms with van der Waals surface area (Å²) < 4.78 is 0. The minimum Gasteiger partial charge on any atom is -0.140 e. The summed E-state index contributed by atoms with van der Waals surface area (Å²) >= 11 is 0. The Kier molecular flexibility index (Phi) is 3.35. The van der Waals surface area contributed by atoms with Crippen LogP contribution in [-0.4, -0.2) is 21.1 Å². The largest absolute Gasteiger partial charge is 0.140 e. The van der Waals surface area contributed by atoms with E-state index >= 15 is 0 Å². The van der Waals surface area contributed by atoms with Gasteiger partial charge in [0.15, 0.2) is 0 Å². The van der Waals surface area contributed by atoms with Crippen LogP contribution in [0.2, 0.25) is 39.3 Å². The van der Waals surface area contributed by atoms with Crippen molar-refractivity contribution < 1.29 is 0 Å². The first-order valence-corrected chi connectivity index (χ1v) is 11.7. The van der Waals surface area contributed by atoms with E-state index in [-0.39, 0.29) is 0 Å². The van der Waals surface area contributed by atoms with Gasteiger partial charge in [0.25, 0.3) is 0 Å². The van der Waals surface area contributed by atoms with Crippen LogP contribution in [0.3, 0.4) is 0 Å². The average Bonchev–Trinajstić information content (AvgIpc) is 1.59. The van der Waals surface area contributed by atoms with Crippen molar-refractivity contribution in [3.05, 3.63) is 0 Å². The summed E-state index contributed by atoms with van der Waals surface area (Å²) in [5.41, 5.74) is 0. The van der Waals surface area contributed by atoms with Crippen LogP contribution in [0.5, 0.6) is 0 Å². The maximum absolute atomic E-state index is 3.07. The van der Waals surface area contributed by atoms with Crippen molar-refractivity contribution in [2.75, 3.05) is 0 Å². The van der Waals surface area contributed by atoms with Gasteiger partial charge < -0.3 is 0 Å². The molecule has 0 aromatic carbocycles. The fraction of sp³-hybridized carbons (Fsp3) is 1.00. The minimum atomic E-state index is -0.871. The van der Waals surface area contributed by atoms with Gasteiger partial charge in [-0.25, -0.2) is 0 Å². The smallest absolute Gasteiger partial charge is 0.0485 e. The topological polar surface area (TPSA) is 0 Å². The highest BCUT2D eigenvalue weighted by molar-refractivity contribution is 7.33. The Hall–Kier alpha value is 0.864. The number of hydrogen-bond donors (Lipinski definition) is 0. The van der Waals surface area contributed by atoms with Crippen LogP contribution in [0.25, 0.3) is 0 Å². The van der Waals surface area contributed by atoms with Crippen molar-refractivity contribution in [2.45, 2.75) is 44.2 Å². The van der Waals surface area contributed by atoms with Gasteiger partial charge >= 0.3 is 0 Å². The van der Waals surface area contributed by atoms with E-state index in [1.807, 2.05) is 0 Å². The highest BCUT2D eigenvalue weighted by Crippen LogP contribution is 2.25. The van der Waals surface area contributed by atoms with Crippen LogP contribution >= 0.6 is 9.24 Å². The molecule has 0 saturated heterocycles. The predicted octanol–water partition coefficient (Wildman–Crippen LogP) is 2.98. The molecule has 3 heteroatoms.